The van der Waals surface area contributed by atoms with Crippen LogP contribution in [0.25, 0.3) is 0 Å². The smallest absolute Gasteiger partial charge is 0.257 e. The molecule has 1 aliphatic rings. The van der Waals surface area contributed by atoms with Gasteiger partial charge in [0.1, 0.15) is 12.4 Å². The number of hydrogen-bond acceptors (Lipinski definition) is 4. The number of likely N-dealkylation sites (tertiary alicyclic amines) is 1. The number of rotatable bonds is 5. The largest absolute Gasteiger partial charge is 0.489 e. The summed E-state index contributed by atoms with van der Waals surface area (Å²) in [5.41, 5.74) is 0.210. The minimum absolute atomic E-state index is 0.103. The van der Waals surface area contributed by atoms with E-state index >= 15 is 0 Å². The third kappa shape index (κ3) is 3.48. The van der Waals surface area contributed by atoms with Crippen molar-refractivity contribution in [3.05, 3.63) is 36.4 Å². The van der Waals surface area contributed by atoms with Crippen LogP contribution in [0, 0.1) is 0 Å². The van der Waals surface area contributed by atoms with Crippen LogP contribution in [0.15, 0.2) is 35.7 Å². The molecule has 1 fully saturated rings. The third-order valence-corrected chi connectivity index (χ3v) is 4.59. The zero-order valence-electron chi connectivity index (χ0n) is 12.5. The molecule has 1 unspecified atom stereocenters. The van der Waals surface area contributed by atoms with Gasteiger partial charge in [-0.25, -0.2) is 13.6 Å². The van der Waals surface area contributed by atoms with E-state index in [9.17, 15) is 13.2 Å². The maximum atomic E-state index is 12.7. The maximum absolute atomic E-state index is 12.7. The number of hydrogen-bond donors (Lipinski definition) is 1. The van der Waals surface area contributed by atoms with Crippen molar-refractivity contribution in [2.75, 3.05) is 13.2 Å². The zero-order chi connectivity index (χ0) is 16.3. The Hall–Kier alpha value is -1.86. The van der Waals surface area contributed by atoms with Gasteiger partial charge in [0.05, 0.1) is 10.5 Å². The molecule has 0 aromatic heterocycles. The number of nitrogens with zero attached hydrogens (tertiary/aromatic N) is 1. The van der Waals surface area contributed by atoms with Crippen LogP contribution in [0.2, 0.25) is 0 Å². The molecule has 2 rings (SSSR count). The number of nitrogens with two attached hydrogens (primary N) is 1. The molecule has 1 aromatic rings. The van der Waals surface area contributed by atoms with Crippen LogP contribution in [0.3, 0.4) is 0 Å². The van der Waals surface area contributed by atoms with Gasteiger partial charge in [-0.3, -0.25) is 4.79 Å². The highest BCUT2D eigenvalue weighted by Crippen LogP contribution is 2.27. The van der Waals surface area contributed by atoms with Crippen molar-refractivity contribution in [3.63, 3.8) is 0 Å². The fourth-order valence-corrected chi connectivity index (χ4v) is 3.06. The second-order valence-corrected chi connectivity index (χ2v) is 6.85. The molecule has 0 radical (unpaired) electrons. The van der Waals surface area contributed by atoms with Crippen LogP contribution in [0.5, 0.6) is 5.75 Å². The van der Waals surface area contributed by atoms with Gasteiger partial charge in [0.25, 0.3) is 5.91 Å². The molecule has 0 spiro atoms. The molecule has 0 saturated carbocycles. The highest BCUT2D eigenvalue weighted by Gasteiger charge is 2.28. The minimum Gasteiger partial charge on any atom is -0.489 e. The number of benzene rings is 1. The summed E-state index contributed by atoms with van der Waals surface area (Å²) in [6.07, 6.45) is 3.43. The van der Waals surface area contributed by atoms with Crippen molar-refractivity contribution in [3.8, 4) is 5.75 Å². The Morgan fingerprint density at radius 1 is 1.55 bits per heavy atom. The Bertz CT molecular complexity index is 685. The summed E-state index contributed by atoms with van der Waals surface area (Å²) in [4.78, 5) is 14.3. The fraction of sp³-hybridized carbons (Fsp3) is 0.400. The second-order valence-electron chi connectivity index (χ2n) is 5.29. The number of carbonyl (C=O) groups is 1. The second kappa shape index (κ2) is 6.50. The number of amides is 1. The van der Waals surface area contributed by atoms with E-state index in [0.717, 1.165) is 12.8 Å². The minimum atomic E-state index is -3.88. The van der Waals surface area contributed by atoms with Crippen LogP contribution in [0.4, 0.5) is 0 Å². The van der Waals surface area contributed by atoms with E-state index in [-0.39, 0.29) is 29.0 Å². The van der Waals surface area contributed by atoms with Crippen LogP contribution in [-0.2, 0) is 10.0 Å². The van der Waals surface area contributed by atoms with Gasteiger partial charge in [-0.2, -0.15) is 0 Å². The van der Waals surface area contributed by atoms with Crippen molar-refractivity contribution in [1.29, 1.82) is 0 Å². The summed E-state index contributed by atoms with van der Waals surface area (Å²) < 4.78 is 28.5. The van der Waals surface area contributed by atoms with Crippen LogP contribution in [-0.4, -0.2) is 38.4 Å². The van der Waals surface area contributed by atoms with Gasteiger partial charge in [-0.1, -0.05) is 12.7 Å². The van der Waals surface area contributed by atoms with Crippen molar-refractivity contribution < 1.29 is 17.9 Å². The van der Waals surface area contributed by atoms with E-state index in [0.29, 0.717) is 12.3 Å². The van der Waals surface area contributed by atoms with E-state index in [1.165, 1.54) is 18.2 Å². The van der Waals surface area contributed by atoms with Gasteiger partial charge in [-0.15, -0.1) is 0 Å². The molecule has 1 amide bonds. The molecular weight excluding hydrogens is 304 g/mol. The number of ether oxygens (including phenoxy) is 1. The lowest BCUT2D eigenvalue weighted by Gasteiger charge is -2.23. The first-order chi connectivity index (χ1) is 10.3. The van der Waals surface area contributed by atoms with Gasteiger partial charge in [0, 0.05) is 12.6 Å². The first kappa shape index (κ1) is 16.5. The van der Waals surface area contributed by atoms with Gasteiger partial charge < -0.3 is 9.64 Å². The average molecular weight is 324 g/mol. The van der Waals surface area contributed by atoms with Gasteiger partial charge in [-0.05, 0) is 38.0 Å². The van der Waals surface area contributed by atoms with Crippen molar-refractivity contribution in [1.82, 2.24) is 4.90 Å². The predicted molar refractivity (Wildman–Crippen MR) is 83.2 cm³/mol. The molecule has 1 heterocycles. The lowest BCUT2D eigenvalue weighted by Crippen LogP contribution is -2.34. The van der Waals surface area contributed by atoms with Crippen LogP contribution >= 0.6 is 0 Å². The number of primary sulfonamides is 1. The van der Waals surface area contributed by atoms with E-state index < -0.39 is 10.0 Å². The lowest BCUT2D eigenvalue weighted by molar-refractivity contribution is 0.0743. The molecule has 1 saturated heterocycles. The van der Waals surface area contributed by atoms with E-state index in [1.54, 1.807) is 11.0 Å². The summed E-state index contributed by atoms with van der Waals surface area (Å²) in [6, 6.07) is 4.19. The van der Waals surface area contributed by atoms with Crippen molar-refractivity contribution >= 4 is 15.9 Å². The Kier molecular flexibility index (Phi) is 4.87. The van der Waals surface area contributed by atoms with Gasteiger partial charge >= 0.3 is 0 Å². The lowest BCUT2D eigenvalue weighted by atomic mass is 10.1. The molecule has 22 heavy (non-hydrogen) atoms. The molecular formula is C15H20N2O4S. The summed E-state index contributed by atoms with van der Waals surface area (Å²) in [5, 5.41) is 5.15. The molecule has 2 N–H and O–H groups in total. The number of sulfonamides is 1. The highest BCUT2D eigenvalue weighted by molar-refractivity contribution is 7.89. The van der Waals surface area contributed by atoms with Gasteiger partial charge in [0.2, 0.25) is 10.0 Å². The molecule has 7 heteroatoms. The SMILES string of the molecule is C=CCOc1ccc(S(N)(=O)=O)cc1C(=O)N1CCCC1C. The fourth-order valence-electron chi connectivity index (χ4n) is 2.52. The van der Waals surface area contributed by atoms with Crippen molar-refractivity contribution in [2.24, 2.45) is 5.14 Å². The van der Waals surface area contributed by atoms with Crippen molar-refractivity contribution in [2.45, 2.75) is 30.7 Å². The van der Waals surface area contributed by atoms with E-state index in [1.807, 2.05) is 6.92 Å². The molecule has 120 valence electrons. The zero-order valence-corrected chi connectivity index (χ0v) is 13.3. The molecule has 0 aliphatic carbocycles. The Morgan fingerprint density at radius 2 is 2.27 bits per heavy atom. The molecule has 6 nitrogen and oxygen atoms in total. The summed E-state index contributed by atoms with van der Waals surface area (Å²) in [5.74, 6) is 0.0889. The monoisotopic (exact) mass is 324 g/mol. The first-order valence-corrected chi connectivity index (χ1v) is 8.60. The quantitative estimate of drug-likeness (QED) is 0.832. The van der Waals surface area contributed by atoms with Gasteiger partial charge in [0.15, 0.2) is 0 Å². The standard InChI is InChI=1S/C15H20N2O4S/c1-3-9-21-14-7-6-12(22(16,19)20)10-13(14)15(18)17-8-4-5-11(17)2/h3,6-7,10-11H,1,4-5,8-9H2,2H3,(H2,16,19,20). The molecule has 1 atom stereocenters. The summed E-state index contributed by atoms with van der Waals surface area (Å²) >= 11 is 0. The number of carbonyl (C=O) groups excluding carboxylic acids is 1. The highest BCUT2D eigenvalue weighted by atomic mass is 32.2. The van der Waals surface area contributed by atoms with E-state index in [4.69, 9.17) is 9.88 Å². The normalized spacial score (nSPS) is 18.3. The third-order valence-electron chi connectivity index (χ3n) is 3.68. The molecule has 0 bridgehead atoms. The Balaban J connectivity index is 2.44. The summed E-state index contributed by atoms with van der Waals surface area (Å²) in [6.45, 7) is 6.41. The Labute approximate surface area is 130 Å². The van der Waals surface area contributed by atoms with E-state index in [2.05, 4.69) is 6.58 Å². The van der Waals surface area contributed by atoms with Crippen LogP contribution < -0.4 is 9.88 Å². The molecule has 1 aromatic carbocycles. The topological polar surface area (TPSA) is 89.7 Å². The predicted octanol–water partition coefficient (Wildman–Crippen LogP) is 1.52. The van der Waals surface area contributed by atoms with Crippen LogP contribution in [0.1, 0.15) is 30.1 Å². The first-order valence-electron chi connectivity index (χ1n) is 7.06. The summed E-state index contributed by atoms with van der Waals surface area (Å²) in [7, 11) is -3.88. The average Bonchev–Trinajstić information content (AvgIpc) is 2.89. The Morgan fingerprint density at radius 3 is 2.82 bits per heavy atom. The molecule has 1 aliphatic heterocycles. The maximum Gasteiger partial charge on any atom is 0.257 e.